The van der Waals surface area contributed by atoms with Crippen LogP contribution in [0.15, 0.2) is 24.4 Å². The number of primary amides is 1. The number of rotatable bonds is 1. The molecule has 0 atom stereocenters. The molecule has 2 amide bonds. The van der Waals surface area contributed by atoms with E-state index in [-0.39, 0.29) is 0 Å². The third kappa shape index (κ3) is 11.9. The van der Waals surface area contributed by atoms with Gasteiger partial charge in [0.25, 0.3) is 0 Å². The van der Waals surface area contributed by atoms with Gasteiger partial charge < -0.3 is 5.73 Å². The van der Waals surface area contributed by atoms with Crippen molar-refractivity contribution in [3.05, 3.63) is 24.4 Å². The Bertz CT molecular complexity index is 327. The highest BCUT2D eigenvalue weighted by Gasteiger charge is 1.95. The van der Waals surface area contributed by atoms with Crippen molar-refractivity contribution in [2.75, 3.05) is 5.32 Å². The lowest BCUT2D eigenvalue weighted by molar-refractivity contribution is 0.259. The van der Waals surface area contributed by atoms with E-state index >= 15 is 0 Å². The Morgan fingerprint density at radius 1 is 1.50 bits per heavy atom. The van der Waals surface area contributed by atoms with Crippen molar-refractivity contribution in [1.29, 1.82) is 5.26 Å². The second-order valence-corrected chi connectivity index (χ2v) is 2.99. The van der Waals surface area contributed by atoms with Gasteiger partial charge in [-0.15, -0.1) is 0 Å². The van der Waals surface area contributed by atoms with Crippen molar-refractivity contribution in [2.24, 2.45) is 5.73 Å². The van der Waals surface area contributed by atoms with Crippen LogP contribution in [0, 0.1) is 11.3 Å². The van der Waals surface area contributed by atoms with Crippen LogP contribution >= 0.6 is 0 Å². The Morgan fingerprint density at radius 2 is 2.06 bits per heavy atom. The molecule has 1 fully saturated rings. The molecule has 0 radical (unpaired) electrons. The predicted octanol–water partition coefficient (Wildman–Crippen LogP) is 2.27. The largest absolute Gasteiger partial charge is 0.351 e. The van der Waals surface area contributed by atoms with E-state index < -0.39 is 6.03 Å². The lowest BCUT2D eigenvalue weighted by Crippen LogP contribution is -2.19. The van der Waals surface area contributed by atoms with Crippen molar-refractivity contribution in [3.8, 4) is 6.07 Å². The predicted molar refractivity (Wildman–Crippen MR) is 62.6 cm³/mol. The van der Waals surface area contributed by atoms with Crippen LogP contribution in [-0.2, 0) is 0 Å². The van der Waals surface area contributed by atoms with E-state index in [9.17, 15) is 4.79 Å². The first-order valence-corrected chi connectivity index (χ1v) is 4.99. The smallest absolute Gasteiger partial charge is 0.317 e. The normalized spacial score (nSPS) is 10.5. The van der Waals surface area contributed by atoms with E-state index in [1.54, 1.807) is 30.5 Å². The zero-order valence-corrected chi connectivity index (χ0v) is 9.31. The number of hydrogen-bond donors (Lipinski definition) is 2. The molecule has 0 bridgehead atoms. The second kappa shape index (κ2) is 9.46. The number of urea groups is 1. The lowest BCUT2D eigenvalue weighted by atomic mass is 10.5. The number of nitriles is 1. The summed E-state index contributed by atoms with van der Waals surface area (Å²) in [5.74, 6) is 0.468. The van der Waals surface area contributed by atoms with Gasteiger partial charge in [0, 0.05) is 13.1 Å². The number of nitrogens with two attached hydrogens (primary N) is 1. The summed E-state index contributed by atoms with van der Waals surface area (Å²) in [6, 6.07) is 6.33. The van der Waals surface area contributed by atoms with Crippen molar-refractivity contribution >= 4 is 11.8 Å². The second-order valence-electron chi connectivity index (χ2n) is 2.99. The Kier molecular flexibility index (Phi) is 8.23. The minimum absolute atomic E-state index is 0.468. The van der Waals surface area contributed by atoms with Crippen LogP contribution in [0.1, 0.15) is 26.2 Å². The fraction of sp³-hybridized carbons (Fsp3) is 0.364. The third-order valence-corrected chi connectivity index (χ3v) is 1.27. The zero-order valence-electron chi connectivity index (χ0n) is 9.31. The lowest BCUT2D eigenvalue weighted by Gasteiger charge is -1.96. The fourth-order valence-corrected chi connectivity index (χ4v) is 0.563. The molecule has 0 spiro atoms. The molecule has 1 aromatic rings. The highest BCUT2D eigenvalue weighted by Crippen LogP contribution is 2.14. The molecule has 0 unspecified atom stereocenters. The fourth-order valence-electron chi connectivity index (χ4n) is 0.563. The van der Waals surface area contributed by atoms with Gasteiger partial charge in [-0.05, 0) is 12.1 Å². The molecule has 1 aliphatic carbocycles. The number of carbonyl (C=O) groups excluding carboxylic acids is 1. The maximum atomic E-state index is 10.2. The van der Waals surface area contributed by atoms with E-state index in [2.05, 4.69) is 10.3 Å². The average molecular weight is 220 g/mol. The zero-order chi connectivity index (χ0) is 12.2. The van der Waals surface area contributed by atoms with Gasteiger partial charge in [0.2, 0.25) is 0 Å². The number of hydrogen-bond acceptors (Lipinski definition) is 3. The molecule has 0 saturated heterocycles. The average Bonchev–Trinajstić information content (AvgIpc) is 3.06. The van der Waals surface area contributed by atoms with E-state index in [1.165, 1.54) is 26.2 Å². The molecule has 1 aromatic heterocycles. The summed E-state index contributed by atoms with van der Waals surface area (Å²) in [7, 11) is 0. The van der Waals surface area contributed by atoms with Gasteiger partial charge in [-0.25, -0.2) is 9.78 Å². The minimum Gasteiger partial charge on any atom is -0.351 e. The van der Waals surface area contributed by atoms with Crippen LogP contribution < -0.4 is 11.1 Å². The van der Waals surface area contributed by atoms with E-state index in [0.29, 0.717) is 5.82 Å². The van der Waals surface area contributed by atoms with Crippen LogP contribution in [0.5, 0.6) is 0 Å². The van der Waals surface area contributed by atoms with Crippen LogP contribution in [-0.4, -0.2) is 11.0 Å². The maximum Gasteiger partial charge on any atom is 0.317 e. The molecule has 5 heteroatoms. The highest BCUT2D eigenvalue weighted by atomic mass is 16.2. The summed E-state index contributed by atoms with van der Waals surface area (Å²) in [5, 5.41) is 9.65. The van der Waals surface area contributed by atoms with Gasteiger partial charge in [0.1, 0.15) is 5.82 Å². The van der Waals surface area contributed by atoms with Crippen molar-refractivity contribution < 1.29 is 4.79 Å². The summed E-state index contributed by atoms with van der Waals surface area (Å²) in [4.78, 5) is 14.0. The quantitative estimate of drug-likeness (QED) is 0.760. The number of aromatic nitrogens is 1. The van der Waals surface area contributed by atoms with Crippen molar-refractivity contribution in [3.63, 3.8) is 0 Å². The minimum atomic E-state index is -0.598. The van der Waals surface area contributed by atoms with Crippen molar-refractivity contribution in [1.82, 2.24) is 4.98 Å². The summed E-state index contributed by atoms with van der Waals surface area (Å²) in [5.41, 5.74) is 4.83. The molecule has 1 saturated carbocycles. The Hall–Kier alpha value is -2.09. The Morgan fingerprint density at radius 3 is 2.38 bits per heavy atom. The van der Waals surface area contributed by atoms with Gasteiger partial charge >= 0.3 is 6.03 Å². The third-order valence-electron chi connectivity index (χ3n) is 1.27. The molecule has 3 N–H and O–H groups in total. The van der Waals surface area contributed by atoms with Gasteiger partial charge in [-0.1, -0.05) is 25.3 Å². The maximum absolute atomic E-state index is 10.2. The van der Waals surface area contributed by atoms with Crippen molar-refractivity contribution in [2.45, 2.75) is 26.2 Å². The molecule has 5 nitrogen and oxygen atoms in total. The summed E-state index contributed by atoms with van der Waals surface area (Å²) >= 11 is 0. The van der Waals surface area contributed by atoms with E-state index in [4.69, 9.17) is 11.0 Å². The molecular weight excluding hydrogens is 204 g/mol. The summed E-state index contributed by atoms with van der Waals surface area (Å²) in [6.07, 6.45) is 6.07. The molecular formula is C11H16N4O. The van der Waals surface area contributed by atoms with Gasteiger partial charge in [-0.3, -0.25) is 5.32 Å². The first-order valence-electron chi connectivity index (χ1n) is 4.99. The number of nitrogens with zero attached hydrogens (tertiary/aromatic N) is 2. The first kappa shape index (κ1) is 13.9. The van der Waals surface area contributed by atoms with E-state index in [0.717, 1.165) is 0 Å². The monoisotopic (exact) mass is 220 g/mol. The molecule has 1 aliphatic rings. The molecule has 2 rings (SSSR count). The molecule has 16 heavy (non-hydrogen) atoms. The summed E-state index contributed by atoms with van der Waals surface area (Å²) in [6.45, 7) is 1.43. The number of anilines is 1. The Labute approximate surface area is 95.3 Å². The molecule has 0 aromatic carbocycles. The molecule has 0 aliphatic heterocycles. The number of carbonyl (C=O) groups is 1. The molecule has 86 valence electrons. The Balaban J connectivity index is 0.000000308. The van der Waals surface area contributed by atoms with E-state index in [1.807, 2.05) is 0 Å². The highest BCUT2D eigenvalue weighted by molar-refractivity contribution is 5.86. The van der Waals surface area contributed by atoms with Crippen LogP contribution in [0.3, 0.4) is 0 Å². The number of nitrogens with one attached hydrogen (secondary N) is 1. The molecule has 1 heterocycles. The van der Waals surface area contributed by atoms with Gasteiger partial charge in [-0.2, -0.15) is 5.26 Å². The SMILES string of the molecule is C1CC1.CC#N.NC(=O)Nc1ccccn1. The number of amides is 2. The van der Waals surface area contributed by atoms with Crippen LogP contribution in [0.2, 0.25) is 0 Å². The van der Waals surface area contributed by atoms with Crippen LogP contribution in [0.25, 0.3) is 0 Å². The summed E-state index contributed by atoms with van der Waals surface area (Å²) < 4.78 is 0. The van der Waals surface area contributed by atoms with Crippen LogP contribution in [0.4, 0.5) is 10.6 Å². The number of pyridine rings is 1. The first-order chi connectivity index (χ1) is 7.70. The van der Waals surface area contributed by atoms with Gasteiger partial charge in [0.15, 0.2) is 0 Å². The standard InChI is InChI=1S/C6H7N3O.C3H6.C2H3N/c7-6(10)9-5-3-1-2-4-8-5;1-2-3-1;1-2-3/h1-4H,(H3,7,8,9,10);1-3H2;1H3. The van der Waals surface area contributed by atoms with Gasteiger partial charge in [0.05, 0.1) is 6.07 Å². The topological polar surface area (TPSA) is 91.8 Å².